The van der Waals surface area contributed by atoms with E-state index in [1.165, 1.54) is 60.6 Å². The lowest BCUT2D eigenvalue weighted by Gasteiger charge is -2.32. The zero-order valence-electron chi connectivity index (χ0n) is 38.3. The Balaban J connectivity index is 0.00000302. The van der Waals surface area contributed by atoms with Crippen LogP contribution in [-0.4, -0.2) is 12.2 Å². The molecule has 0 bridgehead atoms. The molecule has 0 saturated carbocycles. The number of nitrogens with zero attached hydrogens (tertiary/aromatic N) is 2. The Bertz CT molecular complexity index is 2870. The minimum atomic E-state index is -0.815. The van der Waals surface area contributed by atoms with Crippen LogP contribution in [0.5, 0.6) is 0 Å². The molecule has 5 aromatic carbocycles. The average Bonchev–Trinajstić information content (AvgIpc) is 3.92. The van der Waals surface area contributed by atoms with Gasteiger partial charge in [-0.25, -0.2) is 9.98 Å². The smallest absolute Gasteiger partial charge is 0.158 e. The van der Waals surface area contributed by atoms with Gasteiger partial charge in [-0.1, -0.05) is 198 Å². The third-order valence-electron chi connectivity index (χ3n) is 12.6. The fraction of sp³-hybridized carbons (Fsp3) is 0.167. The number of hydrogen-bond acceptors (Lipinski definition) is 2. The molecular formula is C60H59N3S. The van der Waals surface area contributed by atoms with Crippen LogP contribution < -0.4 is 5.73 Å². The Kier molecular flexibility index (Phi) is 13.9. The molecule has 2 aliphatic rings. The van der Waals surface area contributed by atoms with Crippen LogP contribution in [0.3, 0.4) is 0 Å². The molecule has 1 unspecified atom stereocenters. The maximum atomic E-state index is 6.23. The molecule has 0 amide bonds. The highest BCUT2D eigenvalue weighted by Gasteiger charge is 2.53. The highest BCUT2D eigenvalue weighted by atomic mass is 32.1. The molecule has 2 aliphatic carbocycles. The molecule has 6 aromatic rings. The molecule has 1 heterocycles. The van der Waals surface area contributed by atoms with Crippen molar-refractivity contribution in [3.05, 3.63) is 243 Å². The quantitative estimate of drug-likeness (QED) is 0.0744. The lowest BCUT2D eigenvalue weighted by atomic mass is 9.71. The van der Waals surface area contributed by atoms with Crippen LogP contribution >= 0.6 is 11.3 Å². The molecular weight excluding hydrogens is 795 g/mol. The molecule has 4 heteroatoms. The van der Waals surface area contributed by atoms with Gasteiger partial charge in [-0.05, 0) is 119 Å². The minimum Gasteiger partial charge on any atom is -0.390 e. The summed E-state index contributed by atoms with van der Waals surface area (Å²) in [6, 6.07) is 45.1. The summed E-state index contributed by atoms with van der Waals surface area (Å²) in [5.74, 6) is 0.549. The van der Waals surface area contributed by atoms with Crippen molar-refractivity contribution in [2.75, 3.05) is 0 Å². The number of rotatable bonds is 12. The molecule has 1 atom stereocenters. The highest BCUT2D eigenvalue weighted by molar-refractivity contribution is 7.13. The first kappa shape index (κ1) is 45.2. The maximum Gasteiger partial charge on any atom is 0.158 e. The molecule has 320 valence electrons. The average molecular weight is 854 g/mol. The van der Waals surface area contributed by atoms with Gasteiger partial charge in [0.25, 0.3) is 0 Å². The van der Waals surface area contributed by atoms with Gasteiger partial charge in [0, 0.05) is 20.9 Å². The summed E-state index contributed by atoms with van der Waals surface area (Å²) in [5.41, 5.74) is 22.5. The summed E-state index contributed by atoms with van der Waals surface area (Å²) in [6.07, 6.45) is 19.3. The number of thiophene rings is 1. The van der Waals surface area contributed by atoms with E-state index in [0.717, 1.165) is 45.4 Å². The summed E-state index contributed by atoms with van der Waals surface area (Å²) < 4.78 is 0. The van der Waals surface area contributed by atoms with E-state index in [9.17, 15) is 0 Å². The van der Waals surface area contributed by atoms with Gasteiger partial charge in [-0.2, -0.15) is 0 Å². The van der Waals surface area contributed by atoms with Gasteiger partial charge in [-0.3, -0.25) is 0 Å². The van der Waals surface area contributed by atoms with Crippen LogP contribution in [0.1, 0.15) is 86.0 Å². The fourth-order valence-corrected chi connectivity index (χ4v) is 11.0. The second kappa shape index (κ2) is 19.7. The van der Waals surface area contributed by atoms with Crippen LogP contribution in [0, 0.1) is 0 Å². The second-order valence-electron chi connectivity index (χ2n) is 15.9. The molecule has 0 fully saturated rings. The van der Waals surface area contributed by atoms with E-state index in [2.05, 4.69) is 199 Å². The second-order valence-corrected chi connectivity index (χ2v) is 17.0. The number of fused-ring (bicyclic) bond motifs is 5. The maximum absolute atomic E-state index is 6.23. The number of nitrogens with two attached hydrogens (primary N) is 1. The van der Waals surface area contributed by atoms with E-state index in [1.807, 2.05) is 49.5 Å². The molecule has 2 N–H and O–H groups in total. The van der Waals surface area contributed by atoms with Gasteiger partial charge in [-0.15, -0.1) is 11.3 Å². The molecule has 64 heavy (non-hydrogen) atoms. The van der Waals surface area contributed by atoms with E-state index in [-0.39, 0.29) is 0 Å². The van der Waals surface area contributed by atoms with Crippen LogP contribution in [0.15, 0.2) is 215 Å². The molecule has 0 aliphatic heterocycles. The third kappa shape index (κ3) is 7.77. The molecule has 0 saturated heterocycles. The van der Waals surface area contributed by atoms with Crippen LogP contribution in [0.25, 0.3) is 39.5 Å². The van der Waals surface area contributed by atoms with Gasteiger partial charge in [0.1, 0.15) is 5.54 Å². The number of hydrogen-bond donors (Lipinski definition) is 1. The predicted octanol–water partition coefficient (Wildman–Crippen LogP) is 15.8. The molecule has 3 nitrogen and oxygen atoms in total. The third-order valence-corrected chi connectivity index (χ3v) is 14.0. The van der Waals surface area contributed by atoms with Gasteiger partial charge >= 0.3 is 0 Å². The van der Waals surface area contributed by atoms with E-state index in [4.69, 9.17) is 15.7 Å². The SMILES string of the molecule is C=C/C=C\C1=C(C)C(C)=C(/C=C\C=C)C12c1cc(-c3ccccc3C(N=CN)=NC(C)(c3ccccc3)c3cccc(-c4ccccc4)c3)ccc1-c1c2sc(CC)c1/C=C\C.CC. The molecule has 8 rings (SSSR count). The number of aliphatic imine (C=N–C) groups is 2. The number of benzene rings is 5. The first-order valence-electron chi connectivity index (χ1n) is 22.4. The standard InChI is InChI=1S/C58H53N3S.C2H6/c1-8-12-32-50-39(5)40(6)51(33-13-9-2)58(50)52-37-43(34-35-48(52)54-49(23-10-3)53(11-4)62-55(54)58)46-30-20-21-31-47(46)56(60-38-59)61-57(7,44-27-18-15-19-28-44)45-29-22-26-42(36-45)41-24-16-14-17-25-41;1-2/h8-10,12-38H,1-2,11H2,3-7H3,(H2,59,60,61);1-2H3/b23-10-,32-12-,33-13-;. The van der Waals surface area contributed by atoms with Crippen molar-refractivity contribution in [1.29, 1.82) is 0 Å². The van der Waals surface area contributed by atoms with E-state index >= 15 is 0 Å². The summed E-state index contributed by atoms with van der Waals surface area (Å²) in [5, 5.41) is 0. The van der Waals surface area contributed by atoms with Crippen molar-refractivity contribution in [2.45, 2.75) is 65.8 Å². The summed E-state index contributed by atoms with van der Waals surface area (Å²) >= 11 is 1.95. The fourth-order valence-electron chi connectivity index (χ4n) is 9.53. The topological polar surface area (TPSA) is 50.7 Å². The lowest BCUT2D eigenvalue weighted by molar-refractivity contribution is 0.606. The first-order valence-corrected chi connectivity index (χ1v) is 23.2. The molecule has 1 spiro atoms. The lowest BCUT2D eigenvalue weighted by Crippen LogP contribution is -2.27. The minimum absolute atomic E-state index is 0.542. The summed E-state index contributed by atoms with van der Waals surface area (Å²) in [7, 11) is 0. The van der Waals surface area contributed by atoms with Gasteiger partial charge in [0.2, 0.25) is 0 Å². The van der Waals surface area contributed by atoms with Crippen molar-refractivity contribution >= 4 is 29.6 Å². The Morgan fingerprint density at radius 3 is 1.94 bits per heavy atom. The summed E-state index contributed by atoms with van der Waals surface area (Å²) in [6.45, 7) is 23.2. The van der Waals surface area contributed by atoms with Crippen molar-refractivity contribution in [1.82, 2.24) is 0 Å². The number of allylic oxidation sites excluding steroid dienone is 11. The first-order chi connectivity index (χ1) is 31.3. The molecule has 0 radical (unpaired) electrons. The zero-order chi connectivity index (χ0) is 45.4. The predicted molar refractivity (Wildman–Crippen MR) is 279 cm³/mol. The normalized spacial score (nSPS) is 15.3. The van der Waals surface area contributed by atoms with Crippen molar-refractivity contribution in [3.8, 4) is 33.4 Å². The zero-order valence-corrected chi connectivity index (χ0v) is 39.1. The molecule has 1 aromatic heterocycles. The van der Waals surface area contributed by atoms with Crippen LogP contribution in [0.4, 0.5) is 0 Å². The van der Waals surface area contributed by atoms with Gasteiger partial charge in [0.15, 0.2) is 5.84 Å². The number of amidine groups is 1. The van der Waals surface area contributed by atoms with E-state index in [0.29, 0.717) is 5.84 Å². The van der Waals surface area contributed by atoms with E-state index < -0.39 is 11.0 Å². The van der Waals surface area contributed by atoms with Gasteiger partial charge < -0.3 is 5.73 Å². The van der Waals surface area contributed by atoms with Crippen molar-refractivity contribution < 1.29 is 0 Å². The van der Waals surface area contributed by atoms with E-state index in [1.54, 1.807) is 0 Å². The highest BCUT2D eigenvalue weighted by Crippen LogP contribution is 2.65. The van der Waals surface area contributed by atoms with Gasteiger partial charge in [0.05, 0.1) is 11.8 Å². The monoisotopic (exact) mass is 853 g/mol. The Labute approximate surface area is 385 Å². The Hall–Kier alpha value is -6.88. The Morgan fingerprint density at radius 1 is 0.703 bits per heavy atom. The Morgan fingerprint density at radius 2 is 1.31 bits per heavy atom. The largest absolute Gasteiger partial charge is 0.390 e. The van der Waals surface area contributed by atoms with Crippen molar-refractivity contribution in [3.63, 3.8) is 0 Å². The summed E-state index contributed by atoms with van der Waals surface area (Å²) in [4.78, 5) is 13.3. The van der Waals surface area contributed by atoms with Crippen LogP contribution in [-0.2, 0) is 17.4 Å². The van der Waals surface area contributed by atoms with Crippen molar-refractivity contribution in [2.24, 2.45) is 15.7 Å². The van der Waals surface area contributed by atoms with Crippen LogP contribution in [0.2, 0.25) is 0 Å². The number of aryl methyl sites for hydroxylation is 1.